The number of hydrogen-bond donors (Lipinski definition) is 1. The molecule has 1 heterocycles. The van der Waals surface area contributed by atoms with Gasteiger partial charge in [-0.25, -0.2) is 4.79 Å². The molecule has 2 unspecified atom stereocenters. The van der Waals surface area contributed by atoms with Crippen LogP contribution in [0.3, 0.4) is 0 Å². The normalized spacial score (nSPS) is 25.7. The van der Waals surface area contributed by atoms with Crippen LogP contribution in [0.2, 0.25) is 0 Å². The van der Waals surface area contributed by atoms with Gasteiger partial charge in [-0.1, -0.05) is 31.5 Å². The van der Waals surface area contributed by atoms with Crippen LogP contribution in [0.25, 0.3) is 0 Å². The van der Waals surface area contributed by atoms with E-state index in [0.29, 0.717) is 25.4 Å². The van der Waals surface area contributed by atoms with Gasteiger partial charge in [0.1, 0.15) is 5.54 Å². The van der Waals surface area contributed by atoms with Gasteiger partial charge >= 0.3 is 5.97 Å². The van der Waals surface area contributed by atoms with Gasteiger partial charge in [0.05, 0.1) is 13.2 Å². The van der Waals surface area contributed by atoms with Crippen molar-refractivity contribution in [3.8, 4) is 0 Å². The van der Waals surface area contributed by atoms with E-state index in [0.717, 1.165) is 5.69 Å². The van der Waals surface area contributed by atoms with Crippen LogP contribution in [0, 0.1) is 12.8 Å². The second-order valence-electron chi connectivity index (χ2n) is 6.17. The zero-order valence-corrected chi connectivity index (χ0v) is 13.3. The van der Waals surface area contributed by atoms with Crippen LogP contribution >= 0.6 is 0 Å². The Balaban J connectivity index is 2.24. The Kier molecular flexibility index (Phi) is 4.88. The second-order valence-corrected chi connectivity index (χ2v) is 6.17. The molecule has 2 rings (SSSR count). The third kappa shape index (κ3) is 3.56. The molecule has 0 amide bonds. The second kappa shape index (κ2) is 6.48. The summed E-state index contributed by atoms with van der Waals surface area (Å²) in [6, 6.07) is 8.07. The molecule has 0 bridgehead atoms. The van der Waals surface area contributed by atoms with Gasteiger partial charge in [-0.2, -0.15) is 0 Å². The number of esters is 1. The molecule has 1 N–H and O–H groups in total. The minimum atomic E-state index is -0.697. The summed E-state index contributed by atoms with van der Waals surface area (Å²) in [6.07, 6.45) is 1.32. The van der Waals surface area contributed by atoms with E-state index in [2.05, 4.69) is 19.2 Å². The SMILES string of the molecule is COC(=O)C1(Nc2ccc(C)cc2)CCOC(C(C)C)C1. The first-order chi connectivity index (χ1) is 9.97. The highest BCUT2D eigenvalue weighted by atomic mass is 16.5. The van der Waals surface area contributed by atoms with E-state index >= 15 is 0 Å². The molecular weight excluding hydrogens is 266 g/mol. The Morgan fingerprint density at radius 1 is 1.38 bits per heavy atom. The summed E-state index contributed by atoms with van der Waals surface area (Å²) in [6.45, 7) is 6.84. The highest BCUT2D eigenvalue weighted by Gasteiger charge is 2.45. The molecule has 1 aromatic rings. The summed E-state index contributed by atoms with van der Waals surface area (Å²) < 4.78 is 10.9. The van der Waals surface area contributed by atoms with E-state index in [1.807, 2.05) is 31.2 Å². The van der Waals surface area contributed by atoms with E-state index in [-0.39, 0.29) is 12.1 Å². The van der Waals surface area contributed by atoms with Gasteiger partial charge in [0.15, 0.2) is 0 Å². The predicted molar refractivity (Wildman–Crippen MR) is 83.4 cm³/mol. The lowest BCUT2D eigenvalue weighted by molar-refractivity contribution is -0.152. The van der Waals surface area contributed by atoms with E-state index < -0.39 is 5.54 Å². The molecule has 4 nitrogen and oxygen atoms in total. The van der Waals surface area contributed by atoms with Gasteiger partial charge in [-0.3, -0.25) is 0 Å². The molecule has 21 heavy (non-hydrogen) atoms. The Hall–Kier alpha value is -1.55. The quantitative estimate of drug-likeness (QED) is 0.866. The number of carbonyl (C=O) groups is 1. The van der Waals surface area contributed by atoms with Crippen molar-refractivity contribution in [2.75, 3.05) is 19.0 Å². The fourth-order valence-electron chi connectivity index (χ4n) is 2.78. The third-order valence-electron chi connectivity index (χ3n) is 4.17. The molecule has 0 aromatic heterocycles. The molecule has 1 aliphatic rings. The largest absolute Gasteiger partial charge is 0.467 e. The summed E-state index contributed by atoms with van der Waals surface area (Å²) in [5, 5.41) is 3.40. The van der Waals surface area contributed by atoms with Crippen LogP contribution in [-0.4, -0.2) is 31.3 Å². The molecule has 0 aliphatic carbocycles. The van der Waals surface area contributed by atoms with E-state index in [1.165, 1.54) is 12.7 Å². The van der Waals surface area contributed by atoms with Crippen LogP contribution < -0.4 is 5.32 Å². The number of nitrogens with one attached hydrogen (secondary N) is 1. The van der Waals surface area contributed by atoms with Gasteiger partial charge in [0, 0.05) is 25.1 Å². The number of ether oxygens (including phenoxy) is 2. The molecule has 1 aromatic carbocycles. The lowest BCUT2D eigenvalue weighted by Crippen LogP contribution is -2.54. The molecule has 1 fully saturated rings. The molecule has 4 heteroatoms. The first-order valence-corrected chi connectivity index (χ1v) is 7.52. The van der Waals surface area contributed by atoms with Crippen molar-refractivity contribution < 1.29 is 14.3 Å². The van der Waals surface area contributed by atoms with Crippen LogP contribution in [0.5, 0.6) is 0 Å². The zero-order valence-electron chi connectivity index (χ0n) is 13.3. The monoisotopic (exact) mass is 291 g/mol. The van der Waals surface area contributed by atoms with E-state index in [9.17, 15) is 4.79 Å². The van der Waals surface area contributed by atoms with E-state index in [4.69, 9.17) is 9.47 Å². The van der Waals surface area contributed by atoms with Crippen LogP contribution in [0.4, 0.5) is 5.69 Å². The lowest BCUT2D eigenvalue weighted by atomic mass is 9.83. The number of aryl methyl sites for hydroxylation is 1. The summed E-state index contributed by atoms with van der Waals surface area (Å²) in [5.74, 6) is 0.158. The first kappa shape index (κ1) is 15.8. The van der Waals surface area contributed by atoms with Gasteiger partial charge in [-0.05, 0) is 25.0 Å². The molecule has 0 saturated carbocycles. The Morgan fingerprint density at radius 2 is 2.05 bits per heavy atom. The molecule has 116 valence electrons. The minimum absolute atomic E-state index is 0.0656. The maximum atomic E-state index is 12.4. The predicted octanol–water partition coefficient (Wildman–Crippen LogP) is 3.15. The molecule has 1 saturated heterocycles. The summed E-state index contributed by atoms with van der Waals surface area (Å²) >= 11 is 0. The van der Waals surface area contributed by atoms with Crippen molar-refractivity contribution >= 4 is 11.7 Å². The van der Waals surface area contributed by atoms with Crippen molar-refractivity contribution in [3.05, 3.63) is 29.8 Å². The highest BCUT2D eigenvalue weighted by Crippen LogP contribution is 2.33. The van der Waals surface area contributed by atoms with Crippen molar-refractivity contribution in [3.63, 3.8) is 0 Å². The van der Waals surface area contributed by atoms with Gasteiger partial charge < -0.3 is 14.8 Å². The Labute approximate surface area is 126 Å². The van der Waals surface area contributed by atoms with Crippen molar-refractivity contribution in [1.82, 2.24) is 0 Å². The van der Waals surface area contributed by atoms with Crippen molar-refractivity contribution in [1.29, 1.82) is 0 Å². The topological polar surface area (TPSA) is 47.6 Å². The smallest absolute Gasteiger partial charge is 0.331 e. The number of hydrogen-bond acceptors (Lipinski definition) is 4. The molecule has 0 spiro atoms. The molecule has 0 radical (unpaired) electrons. The average Bonchev–Trinajstić information content (AvgIpc) is 2.49. The first-order valence-electron chi connectivity index (χ1n) is 7.52. The van der Waals surface area contributed by atoms with Crippen molar-refractivity contribution in [2.24, 2.45) is 5.92 Å². The minimum Gasteiger partial charge on any atom is -0.467 e. The van der Waals surface area contributed by atoms with Gasteiger partial charge in [-0.15, -0.1) is 0 Å². The van der Waals surface area contributed by atoms with Crippen LogP contribution in [0.15, 0.2) is 24.3 Å². The fourth-order valence-corrected chi connectivity index (χ4v) is 2.78. The number of carbonyl (C=O) groups excluding carboxylic acids is 1. The zero-order chi connectivity index (χ0) is 15.5. The summed E-state index contributed by atoms with van der Waals surface area (Å²) in [5.41, 5.74) is 1.44. The maximum Gasteiger partial charge on any atom is 0.331 e. The Morgan fingerprint density at radius 3 is 2.62 bits per heavy atom. The van der Waals surface area contributed by atoms with Gasteiger partial charge in [0.25, 0.3) is 0 Å². The Bertz CT molecular complexity index is 483. The maximum absolute atomic E-state index is 12.4. The average molecular weight is 291 g/mol. The third-order valence-corrected chi connectivity index (χ3v) is 4.17. The van der Waals surface area contributed by atoms with Crippen LogP contribution in [-0.2, 0) is 14.3 Å². The molecular formula is C17H25NO3. The standard InChI is InChI=1S/C17H25NO3/c1-12(2)15-11-17(9-10-21-15,16(19)20-4)18-14-7-5-13(3)6-8-14/h5-8,12,15,18H,9-11H2,1-4H3. The van der Waals surface area contributed by atoms with Crippen molar-refractivity contribution in [2.45, 2.75) is 45.3 Å². The van der Waals surface area contributed by atoms with Crippen LogP contribution in [0.1, 0.15) is 32.3 Å². The highest BCUT2D eigenvalue weighted by molar-refractivity contribution is 5.84. The lowest BCUT2D eigenvalue weighted by Gasteiger charge is -2.41. The summed E-state index contributed by atoms with van der Waals surface area (Å²) in [4.78, 5) is 12.4. The number of anilines is 1. The molecule has 1 aliphatic heterocycles. The fraction of sp³-hybridized carbons (Fsp3) is 0.588. The van der Waals surface area contributed by atoms with Gasteiger partial charge in [0.2, 0.25) is 0 Å². The van der Waals surface area contributed by atoms with E-state index in [1.54, 1.807) is 0 Å². The molecule has 2 atom stereocenters. The number of rotatable bonds is 4. The summed E-state index contributed by atoms with van der Waals surface area (Å²) in [7, 11) is 1.45. The number of methoxy groups -OCH3 is 1. The number of benzene rings is 1.